The third-order valence-electron chi connectivity index (χ3n) is 5.71. The van der Waals surface area contributed by atoms with E-state index in [2.05, 4.69) is 10.3 Å². The Kier molecular flexibility index (Phi) is 7.38. The van der Waals surface area contributed by atoms with Crippen LogP contribution in [0, 0.1) is 17.5 Å². The maximum atomic E-state index is 14.6. The van der Waals surface area contributed by atoms with Gasteiger partial charge < -0.3 is 0 Å². The minimum absolute atomic E-state index is 0.0427. The number of hydrogen-bond donors (Lipinski definition) is 1. The summed E-state index contributed by atoms with van der Waals surface area (Å²) in [7, 11) is 0. The van der Waals surface area contributed by atoms with Crippen LogP contribution in [-0.4, -0.2) is 4.98 Å². The lowest BCUT2D eigenvalue weighted by Gasteiger charge is -2.36. The summed E-state index contributed by atoms with van der Waals surface area (Å²) in [4.78, 5) is 4.35. The van der Waals surface area contributed by atoms with Gasteiger partial charge in [0.05, 0.1) is 21.8 Å². The monoisotopic (exact) mass is 520 g/mol. The number of nitrogens with one attached hydrogen (secondary N) is 1. The molecule has 36 heavy (non-hydrogen) atoms. The second kappa shape index (κ2) is 10.3. The van der Waals surface area contributed by atoms with Crippen molar-refractivity contribution in [2.24, 2.45) is 0 Å². The predicted octanol–water partition coefficient (Wildman–Crippen LogP) is 7.45. The van der Waals surface area contributed by atoms with Gasteiger partial charge in [-0.2, -0.15) is 13.2 Å². The Labute approximate surface area is 208 Å². The molecule has 0 aliphatic heterocycles. The summed E-state index contributed by atoms with van der Waals surface area (Å²) in [5.41, 5.74) is -1.63. The first kappa shape index (κ1) is 25.7. The van der Waals surface area contributed by atoms with E-state index in [0.29, 0.717) is 17.7 Å². The Morgan fingerprint density at radius 1 is 0.722 bits per heavy atom. The molecule has 3 aromatic carbocycles. The lowest BCUT2D eigenvalue weighted by molar-refractivity contribution is -0.137. The van der Waals surface area contributed by atoms with Crippen LogP contribution in [0.15, 0.2) is 85.1 Å². The number of pyridine rings is 1. The molecule has 1 unspecified atom stereocenters. The van der Waals surface area contributed by atoms with Gasteiger partial charge in [-0.3, -0.25) is 10.3 Å². The topological polar surface area (TPSA) is 24.9 Å². The van der Waals surface area contributed by atoms with Gasteiger partial charge in [-0.05, 0) is 59.2 Å². The second-order valence-corrected chi connectivity index (χ2v) is 8.72. The molecule has 1 aromatic heterocycles. The Hall–Kier alpha value is -3.36. The Bertz CT molecular complexity index is 1320. The van der Waals surface area contributed by atoms with Crippen LogP contribution in [0.2, 0.25) is 5.02 Å². The average molecular weight is 521 g/mol. The molecule has 4 rings (SSSR count). The Morgan fingerprint density at radius 2 is 1.36 bits per heavy atom. The fraction of sp³-hybridized carbons (Fsp3) is 0.148. The summed E-state index contributed by atoms with van der Waals surface area (Å²) < 4.78 is 83.3. The average Bonchev–Trinajstić information content (AvgIpc) is 2.81. The lowest BCUT2D eigenvalue weighted by Crippen LogP contribution is -2.46. The van der Waals surface area contributed by atoms with Gasteiger partial charge in [-0.1, -0.05) is 41.9 Å². The quantitative estimate of drug-likeness (QED) is 0.256. The molecular formula is C27H19ClF6N2. The summed E-state index contributed by atoms with van der Waals surface area (Å²) in [5.74, 6) is -2.71. The number of hydrogen-bond acceptors (Lipinski definition) is 2. The van der Waals surface area contributed by atoms with Crippen molar-refractivity contribution in [1.82, 2.24) is 10.3 Å². The van der Waals surface area contributed by atoms with E-state index >= 15 is 0 Å². The minimum atomic E-state index is -4.81. The molecule has 0 fully saturated rings. The summed E-state index contributed by atoms with van der Waals surface area (Å²) in [6.07, 6.45) is -3.44. The molecule has 1 atom stereocenters. The third-order valence-corrected chi connectivity index (χ3v) is 5.93. The molecule has 0 spiro atoms. The third kappa shape index (κ3) is 5.88. The van der Waals surface area contributed by atoms with Crippen molar-refractivity contribution in [3.8, 4) is 0 Å². The highest BCUT2D eigenvalue weighted by molar-refractivity contribution is 6.30. The summed E-state index contributed by atoms with van der Waals surface area (Å²) in [5, 5.41) is 3.42. The molecule has 0 saturated carbocycles. The molecule has 9 heteroatoms. The van der Waals surface area contributed by atoms with Gasteiger partial charge in [0, 0.05) is 25.2 Å². The molecule has 186 valence electrons. The summed E-state index contributed by atoms with van der Waals surface area (Å²) >= 11 is 6.01. The minimum Gasteiger partial charge on any atom is -0.298 e. The van der Waals surface area contributed by atoms with Crippen molar-refractivity contribution >= 4 is 11.6 Å². The lowest BCUT2D eigenvalue weighted by atomic mass is 9.79. The van der Waals surface area contributed by atoms with E-state index < -0.39 is 34.7 Å². The van der Waals surface area contributed by atoms with E-state index in [1.807, 2.05) is 0 Å². The smallest absolute Gasteiger partial charge is 0.298 e. The van der Waals surface area contributed by atoms with Crippen LogP contribution < -0.4 is 5.32 Å². The van der Waals surface area contributed by atoms with Crippen LogP contribution >= 0.6 is 11.6 Å². The molecule has 0 radical (unpaired) electrons. The van der Waals surface area contributed by atoms with Crippen molar-refractivity contribution in [2.75, 3.05) is 0 Å². The van der Waals surface area contributed by atoms with E-state index in [-0.39, 0.29) is 34.8 Å². The number of halogens is 7. The maximum Gasteiger partial charge on any atom is 0.416 e. The first-order valence-electron chi connectivity index (χ1n) is 10.8. The highest BCUT2D eigenvalue weighted by Crippen LogP contribution is 2.38. The van der Waals surface area contributed by atoms with Gasteiger partial charge in [0.1, 0.15) is 17.5 Å². The zero-order valence-corrected chi connectivity index (χ0v) is 19.3. The zero-order chi connectivity index (χ0) is 25.9. The molecule has 1 N–H and O–H groups in total. The van der Waals surface area contributed by atoms with Gasteiger partial charge >= 0.3 is 6.18 Å². The van der Waals surface area contributed by atoms with Gasteiger partial charge in [-0.15, -0.1) is 0 Å². The number of rotatable bonds is 7. The van der Waals surface area contributed by atoms with Crippen molar-refractivity contribution < 1.29 is 26.3 Å². The van der Waals surface area contributed by atoms with E-state index in [1.165, 1.54) is 18.3 Å². The largest absolute Gasteiger partial charge is 0.416 e. The SMILES string of the molecule is Fc1cc(F)cc(CNC(Cc2ccccc2)(c2cc(F)cc(C(F)(F)F)c2)c2ccc(Cl)cn2)c1. The fourth-order valence-corrected chi connectivity index (χ4v) is 4.20. The molecule has 4 aromatic rings. The van der Waals surface area contributed by atoms with E-state index in [0.717, 1.165) is 24.3 Å². The first-order chi connectivity index (χ1) is 17.0. The first-order valence-corrected chi connectivity index (χ1v) is 11.2. The van der Waals surface area contributed by atoms with Crippen LogP contribution in [0.1, 0.15) is 27.9 Å². The molecule has 1 heterocycles. The number of alkyl halides is 3. The van der Waals surface area contributed by atoms with Crippen LogP contribution in [0.25, 0.3) is 0 Å². The molecular weight excluding hydrogens is 502 g/mol. The normalized spacial score (nSPS) is 13.4. The number of nitrogens with zero attached hydrogens (tertiary/aromatic N) is 1. The standard InChI is InChI=1S/C27H19ClF6N2/c28-21-6-7-25(35-16-21)26(14-17-4-2-1-3-5-17,36-15-18-8-22(29)13-23(30)9-18)19-10-20(27(32,33)34)12-24(31)11-19/h1-13,16,36H,14-15H2. The maximum absolute atomic E-state index is 14.6. The van der Waals surface area contributed by atoms with Crippen molar-refractivity contribution in [1.29, 1.82) is 0 Å². The molecule has 0 amide bonds. The molecule has 0 saturated heterocycles. The highest BCUT2D eigenvalue weighted by Gasteiger charge is 2.39. The number of benzene rings is 3. The Balaban J connectivity index is 1.93. The van der Waals surface area contributed by atoms with Gasteiger partial charge in [0.15, 0.2) is 0 Å². The van der Waals surface area contributed by atoms with Crippen LogP contribution in [0.3, 0.4) is 0 Å². The van der Waals surface area contributed by atoms with E-state index in [9.17, 15) is 26.3 Å². The predicted molar refractivity (Wildman–Crippen MR) is 125 cm³/mol. The second-order valence-electron chi connectivity index (χ2n) is 8.29. The molecule has 0 bridgehead atoms. The van der Waals surface area contributed by atoms with Crippen molar-refractivity contribution in [3.63, 3.8) is 0 Å². The van der Waals surface area contributed by atoms with Gasteiger partial charge in [0.25, 0.3) is 0 Å². The van der Waals surface area contributed by atoms with E-state index in [1.54, 1.807) is 30.3 Å². The molecule has 0 aliphatic carbocycles. The van der Waals surface area contributed by atoms with Crippen LogP contribution in [-0.2, 0) is 24.7 Å². The molecule has 2 nitrogen and oxygen atoms in total. The summed E-state index contributed by atoms with van der Waals surface area (Å²) in [6, 6.07) is 17.0. The van der Waals surface area contributed by atoms with E-state index in [4.69, 9.17) is 11.6 Å². The van der Waals surface area contributed by atoms with Crippen LogP contribution in [0.4, 0.5) is 26.3 Å². The zero-order valence-electron chi connectivity index (χ0n) is 18.6. The fourth-order valence-electron chi connectivity index (χ4n) is 4.09. The van der Waals surface area contributed by atoms with Crippen molar-refractivity contribution in [2.45, 2.75) is 24.7 Å². The summed E-state index contributed by atoms with van der Waals surface area (Å²) in [6.45, 7) is -0.163. The molecule has 0 aliphatic rings. The van der Waals surface area contributed by atoms with Crippen LogP contribution in [0.5, 0.6) is 0 Å². The number of aromatic nitrogens is 1. The van der Waals surface area contributed by atoms with Gasteiger partial charge in [0.2, 0.25) is 0 Å². The highest BCUT2D eigenvalue weighted by atomic mass is 35.5. The Morgan fingerprint density at radius 3 is 1.97 bits per heavy atom. The van der Waals surface area contributed by atoms with Crippen molar-refractivity contribution in [3.05, 3.63) is 135 Å². The van der Waals surface area contributed by atoms with Gasteiger partial charge in [-0.25, -0.2) is 13.2 Å².